The largest absolute Gasteiger partial charge is 0.368 e. The van der Waals surface area contributed by atoms with Crippen molar-refractivity contribution < 1.29 is 0 Å². The third-order valence-corrected chi connectivity index (χ3v) is 8.38. The summed E-state index contributed by atoms with van der Waals surface area (Å²) in [6.45, 7) is 17.4. The van der Waals surface area contributed by atoms with Crippen LogP contribution in [0.4, 0.5) is 5.69 Å². The first-order valence-corrected chi connectivity index (χ1v) is 14.6. The smallest absolute Gasteiger partial charge is 0.0464 e. The van der Waals surface area contributed by atoms with Crippen molar-refractivity contribution in [1.82, 2.24) is 4.90 Å². The molecular weight excluding hydrogens is 448 g/mol. The van der Waals surface area contributed by atoms with E-state index in [2.05, 4.69) is 93.8 Å². The van der Waals surface area contributed by atoms with Gasteiger partial charge in [-0.25, -0.2) is 0 Å². The quantitative estimate of drug-likeness (QED) is 0.289. The molecule has 0 heterocycles. The van der Waals surface area contributed by atoms with Crippen LogP contribution in [0.3, 0.4) is 0 Å². The minimum absolute atomic E-state index is 0.102. The van der Waals surface area contributed by atoms with Crippen molar-refractivity contribution >= 4 is 17.3 Å². The van der Waals surface area contributed by atoms with E-state index in [0.29, 0.717) is 12.0 Å². The van der Waals surface area contributed by atoms with Crippen molar-refractivity contribution in [3.8, 4) is 0 Å². The molecule has 35 heavy (non-hydrogen) atoms. The summed E-state index contributed by atoms with van der Waals surface area (Å²) in [5, 5.41) is 0.836. The third kappa shape index (κ3) is 6.83. The van der Waals surface area contributed by atoms with Gasteiger partial charge in [-0.1, -0.05) is 70.3 Å². The molecule has 0 aliphatic heterocycles. The number of halogens is 1. The van der Waals surface area contributed by atoms with Crippen LogP contribution in [-0.4, -0.2) is 30.6 Å². The standard InChI is InChI=1S/C32H49ClN2/c1-7-10-19-34(20-11-8-2)32(28-12-14-29(33)15-13-28)17-16-31(27(6)24-32)35(18-9-3)30-22-25(4)21-26(5)23-30/h12-15,21-23,27,31H,7-11,16-20,24H2,1-6H3. The molecule has 194 valence electrons. The number of hydrogen-bond donors (Lipinski definition) is 0. The molecule has 3 rings (SSSR count). The topological polar surface area (TPSA) is 6.48 Å². The van der Waals surface area contributed by atoms with Gasteiger partial charge in [-0.05, 0) is 112 Å². The van der Waals surface area contributed by atoms with Crippen molar-refractivity contribution in [2.45, 2.75) is 104 Å². The van der Waals surface area contributed by atoms with Crippen LogP contribution in [0.25, 0.3) is 0 Å². The summed E-state index contributed by atoms with van der Waals surface area (Å²) in [6.07, 6.45) is 9.84. The lowest BCUT2D eigenvalue weighted by atomic mass is 9.68. The van der Waals surface area contributed by atoms with Crippen molar-refractivity contribution in [3.05, 3.63) is 64.2 Å². The number of aryl methyl sites for hydroxylation is 2. The van der Waals surface area contributed by atoms with Crippen molar-refractivity contribution in [2.75, 3.05) is 24.5 Å². The molecule has 2 aromatic carbocycles. The molecule has 0 spiro atoms. The molecule has 0 aromatic heterocycles. The average molecular weight is 497 g/mol. The highest BCUT2D eigenvalue weighted by Crippen LogP contribution is 2.47. The number of anilines is 1. The molecule has 1 saturated carbocycles. The van der Waals surface area contributed by atoms with Gasteiger partial charge in [0, 0.05) is 28.8 Å². The second-order valence-electron chi connectivity index (χ2n) is 11.1. The Labute approximate surface area is 221 Å². The second-order valence-corrected chi connectivity index (χ2v) is 11.5. The normalized spacial score (nSPS) is 22.5. The molecule has 0 amide bonds. The van der Waals surface area contributed by atoms with Crippen molar-refractivity contribution in [2.24, 2.45) is 5.92 Å². The molecule has 3 heteroatoms. The minimum Gasteiger partial charge on any atom is -0.368 e. The fourth-order valence-corrected chi connectivity index (χ4v) is 6.60. The lowest BCUT2D eigenvalue weighted by molar-refractivity contribution is 0.0183. The Morgan fingerprint density at radius 3 is 1.97 bits per heavy atom. The minimum atomic E-state index is 0.102. The Morgan fingerprint density at radius 2 is 1.46 bits per heavy atom. The summed E-state index contributed by atoms with van der Waals surface area (Å²) in [5.74, 6) is 0.609. The molecule has 1 aliphatic rings. The van der Waals surface area contributed by atoms with E-state index in [9.17, 15) is 0 Å². The number of benzene rings is 2. The van der Waals surface area contributed by atoms with Gasteiger partial charge in [0.05, 0.1) is 0 Å². The molecule has 3 atom stereocenters. The van der Waals surface area contributed by atoms with Crippen LogP contribution in [0.5, 0.6) is 0 Å². The lowest BCUT2D eigenvalue weighted by Crippen LogP contribution is -2.55. The summed E-state index contributed by atoms with van der Waals surface area (Å²) in [5.41, 5.74) is 5.71. The third-order valence-electron chi connectivity index (χ3n) is 8.12. The van der Waals surface area contributed by atoms with Crippen LogP contribution < -0.4 is 4.90 Å². The van der Waals surface area contributed by atoms with Crippen LogP contribution >= 0.6 is 11.6 Å². The molecule has 0 N–H and O–H groups in total. The highest BCUT2D eigenvalue weighted by Gasteiger charge is 2.45. The Bertz CT molecular complexity index is 880. The first-order valence-electron chi connectivity index (χ1n) is 14.2. The number of rotatable bonds is 12. The highest BCUT2D eigenvalue weighted by molar-refractivity contribution is 6.30. The maximum Gasteiger partial charge on any atom is 0.0464 e. The molecule has 2 nitrogen and oxygen atoms in total. The predicted molar refractivity (Wildman–Crippen MR) is 155 cm³/mol. The van der Waals surface area contributed by atoms with E-state index in [1.165, 1.54) is 86.8 Å². The first kappa shape index (κ1) is 28.1. The Balaban J connectivity index is 1.97. The average Bonchev–Trinajstić information content (AvgIpc) is 2.82. The van der Waals surface area contributed by atoms with Gasteiger partial charge in [0.15, 0.2) is 0 Å². The molecule has 1 aliphatic carbocycles. The molecular formula is C32H49ClN2. The maximum atomic E-state index is 6.34. The molecule has 2 aromatic rings. The molecule has 0 radical (unpaired) electrons. The zero-order valence-corrected chi connectivity index (χ0v) is 24.0. The summed E-state index contributed by atoms with van der Waals surface area (Å²) >= 11 is 6.34. The van der Waals surface area contributed by atoms with E-state index < -0.39 is 0 Å². The van der Waals surface area contributed by atoms with Crippen LogP contribution in [0, 0.1) is 19.8 Å². The Morgan fingerprint density at radius 1 is 0.857 bits per heavy atom. The molecule has 3 unspecified atom stereocenters. The van der Waals surface area contributed by atoms with Gasteiger partial charge in [0.25, 0.3) is 0 Å². The van der Waals surface area contributed by atoms with Gasteiger partial charge in [-0.2, -0.15) is 0 Å². The number of unbranched alkanes of at least 4 members (excludes halogenated alkanes) is 2. The fraction of sp³-hybridized carbons (Fsp3) is 0.625. The van der Waals surface area contributed by atoms with Crippen LogP contribution in [0.1, 0.15) is 95.8 Å². The molecule has 1 fully saturated rings. The summed E-state index contributed by atoms with van der Waals surface area (Å²) in [6, 6.07) is 16.5. The van der Waals surface area contributed by atoms with Gasteiger partial charge >= 0.3 is 0 Å². The van der Waals surface area contributed by atoms with Gasteiger partial charge in [-0.15, -0.1) is 0 Å². The number of hydrogen-bond acceptors (Lipinski definition) is 2. The number of nitrogens with zero attached hydrogens (tertiary/aromatic N) is 2. The van der Waals surface area contributed by atoms with Crippen LogP contribution in [0.15, 0.2) is 42.5 Å². The summed E-state index contributed by atoms with van der Waals surface area (Å²) < 4.78 is 0. The van der Waals surface area contributed by atoms with E-state index >= 15 is 0 Å². The van der Waals surface area contributed by atoms with Gasteiger partial charge < -0.3 is 4.90 Å². The van der Waals surface area contributed by atoms with Crippen molar-refractivity contribution in [3.63, 3.8) is 0 Å². The lowest BCUT2D eigenvalue weighted by Gasteiger charge is -2.53. The zero-order chi connectivity index (χ0) is 25.4. The maximum absolute atomic E-state index is 6.34. The fourth-order valence-electron chi connectivity index (χ4n) is 6.48. The predicted octanol–water partition coefficient (Wildman–Crippen LogP) is 9.16. The Hall–Kier alpha value is -1.51. The molecule has 0 saturated heterocycles. The Kier molecular flexibility index (Phi) is 10.5. The first-order chi connectivity index (χ1) is 16.8. The van der Waals surface area contributed by atoms with Crippen molar-refractivity contribution in [1.29, 1.82) is 0 Å². The van der Waals surface area contributed by atoms with E-state index in [1.807, 2.05) is 0 Å². The second kappa shape index (κ2) is 13.2. The van der Waals surface area contributed by atoms with E-state index in [1.54, 1.807) is 0 Å². The summed E-state index contributed by atoms with van der Waals surface area (Å²) in [4.78, 5) is 5.59. The summed E-state index contributed by atoms with van der Waals surface area (Å²) in [7, 11) is 0. The van der Waals surface area contributed by atoms with Gasteiger partial charge in [0.2, 0.25) is 0 Å². The molecule has 0 bridgehead atoms. The van der Waals surface area contributed by atoms with E-state index in [4.69, 9.17) is 11.6 Å². The highest BCUT2D eigenvalue weighted by atomic mass is 35.5. The monoisotopic (exact) mass is 496 g/mol. The van der Waals surface area contributed by atoms with Crippen LogP contribution in [-0.2, 0) is 5.54 Å². The van der Waals surface area contributed by atoms with E-state index in [-0.39, 0.29) is 5.54 Å². The van der Waals surface area contributed by atoms with Crippen LogP contribution in [0.2, 0.25) is 5.02 Å². The van der Waals surface area contributed by atoms with E-state index in [0.717, 1.165) is 11.6 Å². The van der Waals surface area contributed by atoms with Gasteiger partial charge in [0.1, 0.15) is 0 Å². The zero-order valence-electron chi connectivity index (χ0n) is 23.2. The van der Waals surface area contributed by atoms with Gasteiger partial charge in [-0.3, -0.25) is 4.90 Å². The SMILES string of the molecule is CCCCN(CCCC)C1(c2ccc(Cl)cc2)CCC(N(CCC)c2cc(C)cc(C)c2)C(C)C1.